The van der Waals surface area contributed by atoms with Gasteiger partial charge in [0.05, 0.1) is 13.2 Å². The van der Waals surface area contributed by atoms with E-state index in [1.165, 1.54) is 13.2 Å². The van der Waals surface area contributed by atoms with Gasteiger partial charge >= 0.3 is 6.03 Å². The Morgan fingerprint density at radius 3 is 2.88 bits per heavy atom. The first-order valence-electron chi connectivity index (χ1n) is 8.54. The summed E-state index contributed by atoms with van der Waals surface area (Å²) in [7, 11) is 1.41. The normalized spacial score (nSPS) is 29.3. The molecule has 5 unspecified atom stereocenters. The Kier molecular flexibility index (Phi) is 4.94. The summed E-state index contributed by atoms with van der Waals surface area (Å²) in [5.74, 6) is 0.902. The smallest absolute Gasteiger partial charge is 0.315 e. The SMILES string of the molecule is COc1cc(C(C)NC(=O)NC2C3CCC(C3)C2CO)ccc1F. The molecule has 0 spiro atoms. The molecule has 2 aliphatic rings. The molecule has 0 radical (unpaired) electrons. The molecule has 3 N–H and O–H groups in total. The van der Waals surface area contributed by atoms with E-state index in [2.05, 4.69) is 10.6 Å². The van der Waals surface area contributed by atoms with Crippen LogP contribution < -0.4 is 15.4 Å². The van der Waals surface area contributed by atoms with Crippen LogP contribution in [0.2, 0.25) is 0 Å². The van der Waals surface area contributed by atoms with Gasteiger partial charge in [-0.1, -0.05) is 6.07 Å². The molecular formula is C18H25FN2O3. The molecule has 1 aromatic carbocycles. The van der Waals surface area contributed by atoms with E-state index in [-0.39, 0.29) is 36.4 Å². The number of hydrogen-bond acceptors (Lipinski definition) is 3. The van der Waals surface area contributed by atoms with Crippen molar-refractivity contribution in [1.29, 1.82) is 0 Å². The van der Waals surface area contributed by atoms with E-state index in [1.807, 2.05) is 6.92 Å². The Bertz CT molecular complexity index is 610. The van der Waals surface area contributed by atoms with Gasteiger partial charge in [-0.05, 0) is 55.7 Å². The van der Waals surface area contributed by atoms with Crippen molar-refractivity contribution in [2.75, 3.05) is 13.7 Å². The minimum atomic E-state index is -0.425. The standard InChI is InChI=1S/C18H25FN2O3/c1-10(11-5-6-15(19)16(8-11)24-2)20-18(23)21-17-13-4-3-12(7-13)14(17)9-22/h5-6,8,10,12-14,17,22H,3-4,7,9H2,1-2H3,(H2,20,21,23). The van der Waals surface area contributed by atoms with Crippen LogP contribution in [-0.4, -0.2) is 30.9 Å². The average Bonchev–Trinajstić information content (AvgIpc) is 3.16. The Labute approximate surface area is 141 Å². The van der Waals surface area contributed by atoms with Crippen LogP contribution in [0.15, 0.2) is 18.2 Å². The van der Waals surface area contributed by atoms with Gasteiger partial charge in [-0.25, -0.2) is 9.18 Å². The molecule has 1 aromatic rings. The molecule has 132 valence electrons. The second-order valence-corrected chi connectivity index (χ2v) is 6.94. The van der Waals surface area contributed by atoms with Gasteiger partial charge in [0.15, 0.2) is 11.6 Å². The third-order valence-electron chi connectivity index (χ3n) is 5.62. The first kappa shape index (κ1) is 17.0. The zero-order chi connectivity index (χ0) is 17.3. The van der Waals surface area contributed by atoms with Crippen LogP contribution in [0, 0.1) is 23.6 Å². The van der Waals surface area contributed by atoms with Crippen molar-refractivity contribution in [2.24, 2.45) is 17.8 Å². The van der Waals surface area contributed by atoms with E-state index in [0.29, 0.717) is 11.8 Å². The molecule has 24 heavy (non-hydrogen) atoms. The zero-order valence-electron chi connectivity index (χ0n) is 14.1. The van der Waals surface area contributed by atoms with Gasteiger partial charge in [-0.15, -0.1) is 0 Å². The van der Waals surface area contributed by atoms with Gasteiger partial charge < -0.3 is 20.5 Å². The number of benzene rings is 1. The van der Waals surface area contributed by atoms with Crippen molar-refractivity contribution < 1.29 is 19.0 Å². The van der Waals surface area contributed by atoms with Crippen LogP contribution in [0.1, 0.15) is 37.8 Å². The fourth-order valence-corrected chi connectivity index (χ4v) is 4.32. The molecule has 5 nitrogen and oxygen atoms in total. The number of amides is 2. The van der Waals surface area contributed by atoms with Crippen molar-refractivity contribution in [3.05, 3.63) is 29.6 Å². The predicted octanol–water partition coefficient (Wildman–Crippen LogP) is 2.60. The quantitative estimate of drug-likeness (QED) is 0.774. The number of urea groups is 1. The molecule has 2 saturated carbocycles. The number of hydrogen-bond donors (Lipinski definition) is 3. The van der Waals surface area contributed by atoms with Crippen LogP contribution in [0.3, 0.4) is 0 Å². The number of ether oxygens (including phenoxy) is 1. The summed E-state index contributed by atoms with van der Waals surface area (Å²) in [6, 6.07) is 4.09. The number of nitrogens with one attached hydrogen (secondary N) is 2. The van der Waals surface area contributed by atoms with Crippen molar-refractivity contribution in [3.8, 4) is 5.75 Å². The van der Waals surface area contributed by atoms with Crippen LogP contribution in [0.4, 0.5) is 9.18 Å². The lowest BCUT2D eigenvalue weighted by Gasteiger charge is -2.31. The molecule has 2 fully saturated rings. The second kappa shape index (κ2) is 6.97. The molecule has 2 aliphatic carbocycles. The lowest BCUT2D eigenvalue weighted by molar-refractivity contribution is 0.144. The summed E-state index contributed by atoms with van der Waals surface area (Å²) < 4.78 is 18.5. The molecule has 2 bridgehead atoms. The van der Waals surface area contributed by atoms with E-state index >= 15 is 0 Å². The number of fused-ring (bicyclic) bond motifs is 2. The molecule has 0 heterocycles. The van der Waals surface area contributed by atoms with Crippen molar-refractivity contribution in [2.45, 2.75) is 38.3 Å². The van der Waals surface area contributed by atoms with Crippen LogP contribution in [0.25, 0.3) is 0 Å². The van der Waals surface area contributed by atoms with Crippen molar-refractivity contribution in [3.63, 3.8) is 0 Å². The first-order chi connectivity index (χ1) is 11.5. The number of aliphatic hydroxyl groups excluding tert-OH is 1. The maximum absolute atomic E-state index is 13.5. The maximum atomic E-state index is 13.5. The number of aliphatic hydroxyl groups is 1. The number of rotatable bonds is 5. The summed E-state index contributed by atoms with van der Waals surface area (Å²) in [5, 5.41) is 15.5. The highest BCUT2D eigenvalue weighted by atomic mass is 19.1. The lowest BCUT2D eigenvalue weighted by atomic mass is 9.85. The number of carbonyl (C=O) groups excluding carboxylic acids is 1. The largest absolute Gasteiger partial charge is 0.494 e. The summed E-state index contributed by atoms with van der Waals surface area (Å²) in [6.07, 6.45) is 3.37. The van der Waals surface area contributed by atoms with E-state index in [1.54, 1.807) is 12.1 Å². The van der Waals surface area contributed by atoms with Gasteiger partial charge in [-0.3, -0.25) is 0 Å². The Hall–Kier alpha value is -1.82. The van der Waals surface area contributed by atoms with E-state index < -0.39 is 5.82 Å². The molecule has 6 heteroatoms. The highest BCUT2D eigenvalue weighted by Crippen LogP contribution is 2.48. The maximum Gasteiger partial charge on any atom is 0.315 e. The molecule has 0 aromatic heterocycles. The number of halogens is 1. The Morgan fingerprint density at radius 1 is 1.42 bits per heavy atom. The van der Waals surface area contributed by atoms with E-state index in [9.17, 15) is 14.3 Å². The summed E-state index contributed by atoms with van der Waals surface area (Å²) in [4.78, 5) is 12.3. The number of methoxy groups -OCH3 is 1. The highest BCUT2D eigenvalue weighted by Gasteiger charge is 2.47. The van der Waals surface area contributed by atoms with Crippen LogP contribution >= 0.6 is 0 Å². The molecule has 2 amide bonds. The van der Waals surface area contributed by atoms with Crippen LogP contribution in [-0.2, 0) is 0 Å². The van der Waals surface area contributed by atoms with Gasteiger partial charge in [0.1, 0.15) is 0 Å². The monoisotopic (exact) mass is 336 g/mol. The fraction of sp³-hybridized carbons (Fsp3) is 0.611. The van der Waals surface area contributed by atoms with E-state index in [4.69, 9.17) is 4.74 Å². The number of carbonyl (C=O) groups is 1. The third kappa shape index (κ3) is 3.20. The summed E-state index contributed by atoms with van der Waals surface area (Å²) in [5.41, 5.74) is 0.773. The molecule has 0 aliphatic heterocycles. The average molecular weight is 336 g/mol. The molecule has 5 atom stereocenters. The Morgan fingerprint density at radius 2 is 2.17 bits per heavy atom. The molecule has 3 rings (SSSR count). The third-order valence-corrected chi connectivity index (χ3v) is 5.62. The topological polar surface area (TPSA) is 70.6 Å². The van der Waals surface area contributed by atoms with Crippen LogP contribution in [0.5, 0.6) is 5.75 Å². The fourth-order valence-electron chi connectivity index (χ4n) is 4.32. The lowest BCUT2D eigenvalue weighted by Crippen LogP contribution is -2.49. The van der Waals surface area contributed by atoms with E-state index in [0.717, 1.165) is 24.8 Å². The van der Waals surface area contributed by atoms with Gasteiger partial charge in [0.25, 0.3) is 0 Å². The van der Waals surface area contributed by atoms with Gasteiger partial charge in [0.2, 0.25) is 0 Å². The Balaban J connectivity index is 1.60. The minimum Gasteiger partial charge on any atom is -0.494 e. The van der Waals surface area contributed by atoms with Gasteiger partial charge in [-0.2, -0.15) is 0 Å². The van der Waals surface area contributed by atoms with Crippen molar-refractivity contribution in [1.82, 2.24) is 10.6 Å². The minimum absolute atomic E-state index is 0.0451. The molecule has 0 saturated heterocycles. The zero-order valence-corrected chi connectivity index (χ0v) is 14.1. The summed E-state index contributed by atoms with van der Waals surface area (Å²) in [6.45, 7) is 1.97. The summed E-state index contributed by atoms with van der Waals surface area (Å²) >= 11 is 0. The molecular weight excluding hydrogens is 311 g/mol. The van der Waals surface area contributed by atoms with Crippen molar-refractivity contribution >= 4 is 6.03 Å². The van der Waals surface area contributed by atoms with Gasteiger partial charge in [0, 0.05) is 18.6 Å². The highest BCUT2D eigenvalue weighted by molar-refractivity contribution is 5.75. The second-order valence-electron chi connectivity index (χ2n) is 6.94. The first-order valence-corrected chi connectivity index (χ1v) is 8.54. The predicted molar refractivity (Wildman–Crippen MR) is 88.2 cm³/mol.